The maximum Gasteiger partial charge on any atom is 0.229 e. The standard InChI is InChI=1S/C24H33N3O3S/c1-30-18-6-7-20-19(14-18)21(17-26-20)31-13-11-25-10-4-5-12-27-22(28)15-24(16-23(27)29)8-2-3-9-24/h6-7,14,17,25-26H,2-5,8-13,15-16H2,1H3. The van der Waals surface area contributed by atoms with Gasteiger partial charge in [-0.15, -0.1) is 11.8 Å². The summed E-state index contributed by atoms with van der Waals surface area (Å²) >= 11 is 1.83. The van der Waals surface area contributed by atoms with E-state index in [0.29, 0.717) is 19.4 Å². The van der Waals surface area contributed by atoms with Crippen molar-refractivity contribution in [1.82, 2.24) is 15.2 Å². The number of unbranched alkanes of at least 4 members (excludes halogenated alkanes) is 1. The first-order chi connectivity index (χ1) is 15.1. The van der Waals surface area contributed by atoms with Gasteiger partial charge in [-0.25, -0.2) is 0 Å². The molecule has 1 aromatic carbocycles. The zero-order chi connectivity index (χ0) is 21.7. The number of thioether (sulfide) groups is 1. The van der Waals surface area contributed by atoms with Crippen LogP contribution in [0.2, 0.25) is 0 Å². The quantitative estimate of drug-likeness (QED) is 0.324. The van der Waals surface area contributed by atoms with E-state index in [4.69, 9.17) is 4.74 Å². The van der Waals surface area contributed by atoms with Crippen LogP contribution in [0.4, 0.5) is 0 Å². The summed E-state index contributed by atoms with van der Waals surface area (Å²) in [4.78, 5) is 31.0. The number of hydrogen-bond acceptors (Lipinski definition) is 5. The van der Waals surface area contributed by atoms with Crippen LogP contribution in [0.3, 0.4) is 0 Å². The molecule has 7 heteroatoms. The number of nitrogens with zero attached hydrogens (tertiary/aromatic N) is 1. The van der Waals surface area contributed by atoms with Crippen molar-refractivity contribution < 1.29 is 14.3 Å². The van der Waals surface area contributed by atoms with Gasteiger partial charge in [-0.05, 0) is 55.8 Å². The summed E-state index contributed by atoms with van der Waals surface area (Å²) in [6.45, 7) is 2.40. The number of aromatic amines is 1. The Labute approximate surface area is 188 Å². The van der Waals surface area contributed by atoms with Gasteiger partial charge in [0.2, 0.25) is 11.8 Å². The Hall–Kier alpha value is -1.99. The molecule has 1 saturated carbocycles. The van der Waals surface area contributed by atoms with Gasteiger partial charge in [0, 0.05) is 53.7 Å². The van der Waals surface area contributed by atoms with Crippen molar-refractivity contribution in [2.75, 3.05) is 32.5 Å². The van der Waals surface area contributed by atoms with Crippen molar-refractivity contribution in [1.29, 1.82) is 0 Å². The maximum atomic E-state index is 12.5. The van der Waals surface area contributed by atoms with E-state index in [2.05, 4.69) is 22.6 Å². The van der Waals surface area contributed by atoms with Crippen LogP contribution >= 0.6 is 11.8 Å². The molecule has 2 heterocycles. The molecule has 1 spiro atoms. The van der Waals surface area contributed by atoms with Crippen LogP contribution in [0.25, 0.3) is 10.9 Å². The Morgan fingerprint density at radius 3 is 2.65 bits per heavy atom. The van der Waals surface area contributed by atoms with Crippen molar-refractivity contribution >= 4 is 34.5 Å². The maximum absolute atomic E-state index is 12.5. The number of H-pyrrole nitrogens is 1. The third kappa shape index (κ3) is 5.26. The Kier molecular flexibility index (Phi) is 7.23. The molecule has 1 aromatic heterocycles. The molecule has 2 fully saturated rings. The molecule has 1 saturated heterocycles. The van der Waals surface area contributed by atoms with Crippen molar-refractivity contribution in [3.05, 3.63) is 24.4 Å². The van der Waals surface area contributed by atoms with E-state index in [0.717, 1.165) is 55.8 Å². The fourth-order valence-electron chi connectivity index (χ4n) is 4.96. The highest BCUT2D eigenvalue weighted by Gasteiger charge is 2.44. The molecule has 0 radical (unpaired) electrons. The largest absolute Gasteiger partial charge is 0.497 e. The number of aromatic nitrogens is 1. The van der Waals surface area contributed by atoms with Gasteiger partial charge >= 0.3 is 0 Å². The number of ether oxygens (including phenoxy) is 1. The van der Waals surface area contributed by atoms with E-state index in [1.165, 1.54) is 28.0 Å². The lowest BCUT2D eigenvalue weighted by atomic mass is 9.76. The second kappa shape index (κ2) is 10.1. The number of nitrogens with one attached hydrogen (secondary N) is 2. The summed E-state index contributed by atoms with van der Waals surface area (Å²) in [5.74, 6) is 1.96. The van der Waals surface area contributed by atoms with E-state index >= 15 is 0 Å². The average Bonchev–Trinajstić information content (AvgIpc) is 3.38. The molecular formula is C24H33N3O3S. The molecule has 6 nitrogen and oxygen atoms in total. The second-order valence-electron chi connectivity index (χ2n) is 8.87. The van der Waals surface area contributed by atoms with Gasteiger partial charge in [-0.3, -0.25) is 14.5 Å². The number of methoxy groups -OCH3 is 1. The number of fused-ring (bicyclic) bond motifs is 1. The SMILES string of the molecule is COc1ccc2[nH]cc(SCCNCCCCN3C(=O)CC4(CCCC4)CC3=O)c2c1. The number of rotatable bonds is 10. The summed E-state index contributed by atoms with van der Waals surface area (Å²) in [6.07, 6.45) is 9.47. The van der Waals surface area contributed by atoms with Crippen LogP contribution in [0.15, 0.2) is 29.3 Å². The minimum Gasteiger partial charge on any atom is -0.497 e. The summed E-state index contributed by atoms with van der Waals surface area (Å²) in [5, 5.41) is 4.67. The van der Waals surface area contributed by atoms with Crippen molar-refractivity contribution in [3.63, 3.8) is 0 Å². The third-order valence-corrected chi connectivity index (χ3v) is 7.75. The van der Waals surface area contributed by atoms with Gasteiger partial charge in [0.25, 0.3) is 0 Å². The number of piperidine rings is 1. The molecule has 168 valence electrons. The van der Waals surface area contributed by atoms with E-state index in [9.17, 15) is 9.59 Å². The molecule has 1 aliphatic heterocycles. The van der Waals surface area contributed by atoms with Gasteiger partial charge in [-0.1, -0.05) is 12.8 Å². The zero-order valence-corrected chi connectivity index (χ0v) is 19.2. The number of imide groups is 1. The predicted molar refractivity (Wildman–Crippen MR) is 125 cm³/mol. The van der Waals surface area contributed by atoms with E-state index in [1.54, 1.807) is 7.11 Å². The molecule has 0 unspecified atom stereocenters. The lowest BCUT2D eigenvalue weighted by molar-refractivity contribution is -0.153. The fraction of sp³-hybridized carbons (Fsp3) is 0.583. The first-order valence-corrected chi connectivity index (χ1v) is 12.4. The highest BCUT2D eigenvalue weighted by Crippen LogP contribution is 2.46. The Balaban J connectivity index is 1.11. The third-order valence-electron chi connectivity index (χ3n) is 6.69. The molecule has 2 aliphatic rings. The molecule has 2 N–H and O–H groups in total. The summed E-state index contributed by atoms with van der Waals surface area (Å²) in [7, 11) is 1.69. The van der Waals surface area contributed by atoms with E-state index in [1.807, 2.05) is 23.9 Å². The number of amides is 2. The van der Waals surface area contributed by atoms with Gasteiger partial charge in [0.15, 0.2) is 0 Å². The number of carbonyl (C=O) groups is 2. The molecule has 0 atom stereocenters. The van der Waals surface area contributed by atoms with Gasteiger partial charge in [0.1, 0.15) is 5.75 Å². The normalized spacial score (nSPS) is 18.4. The number of carbonyl (C=O) groups excluding carboxylic acids is 2. The summed E-state index contributed by atoms with van der Waals surface area (Å²) in [6, 6.07) is 6.08. The molecule has 0 bridgehead atoms. The van der Waals surface area contributed by atoms with Crippen LogP contribution in [0.5, 0.6) is 5.75 Å². The Bertz CT molecular complexity index is 900. The molecule has 2 aromatic rings. The van der Waals surface area contributed by atoms with Crippen molar-refractivity contribution in [2.45, 2.75) is 56.3 Å². The van der Waals surface area contributed by atoms with Crippen LogP contribution in [-0.4, -0.2) is 54.2 Å². The summed E-state index contributed by atoms with van der Waals surface area (Å²) in [5.41, 5.74) is 1.12. The van der Waals surface area contributed by atoms with Gasteiger partial charge in [-0.2, -0.15) is 0 Å². The highest BCUT2D eigenvalue weighted by molar-refractivity contribution is 7.99. The predicted octanol–water partition coefficient (Wildman–Crippen LogP) is 4.35. The molecule has 31 heavy (non-hydrogen) atoms. The second-order valence-corrected chi connectivity index (χ2v) is 10.0. The van der Waals surface area contributed by atoms with Gasteiger partial charge in [0.05, 0.1) is 7.11 Å². The van der Waals surface area contributed by atoms with E-state index < -0.39 is 0 Å². The topological polar surface area (TPSA) is 74.4 Å². The fourth-order valence-corrected chi connectivity index (χ4v) is 5.89. The molecule has 2 amide bonds. The molecular weight excluding hydrogens is 410 g/mol. The van der Waals surface area contributed by atoms with E-state index in [-0.39, 0.29) is 17.2 Å². The lowest BCUT2D eigenvalue weighted by Gasteiger charge is -2.37. The monoisotopic (exact) mass is 443 g/mol. The minimum atomic E-state index is -0.000186. The van der Waals surface area contributed by atoms with Crippen LogP contribution < -0.4 is 10.1 Å². The number of likely N-dealkylation sites (tertiary alicyclic amines) is 1. The minimum absolute atomic E-state index is 0.000186. The number of hydrogen-bond donors (Lipinski definition) is 2. The van der Waals surface area contributed by atoms with Crippen LogP contribution in [-0.2, 0) is 9.59 Å². The first-order valence-electron chi connectivity index (χ1n) is 11.4. The molecule has 1 aliphatic carbocycles. The van der Waals surface area contributed by atoms with Crippen LogP contribution in [0.1, 0.15) is 51.4 Å². The Morgan fingerprint density at radius 1 is 1.13 bits per heavy atom. The lowest BCUT2D eigenvalue weighted by Crippen LogP contribution is -2.47. The van der Waals surface area contributed by atoms with Crippen molar-refractivity contribution in [3.8, 4) is 5.75 Å². The molecule has 4 rings (SSSR count). The first kappa shape index (κ1) is 22.2. The zero-order valence-electron chi connectivity index (χ0n) is 18.4. The van der Waals surface area contributed by atoms with Gasteiger partial charge < -0.3 is 15.0 Å². The summed E-state index contributed by atoms with van der Waals surface area (Å²) < 4.78 is 5.33. The van der Waals surface area contributed by atoms with Crippen molar-refractivity contribution in [2.24, 2.45) is 5.41 Å². The Morgan fingerprint density at radius 2 is 1.90 bits per heavy atom. The number of benzene rings is 1. The average molecular weight is 444 g/mol. The smallest absolute Gasteiger partial charge is 0.229 e. The van der Waals surface area contributed by atoms with Crippen LogP contribution in [0, 0.1) is 5.41 Å². The highest BCUT2D eigenvalue weighted by atomic mass is 32.2.